The lowest BCUT2D eigenvalue weighted by Crippen LogP contribution is -1.83. The molecule has 0 unspecified atom stereocenters. The van der Waals surface area contributed by atoms with Gasteiger partial charge in [-0.2, -0.15) is 0 Å². The molecule has 14 heavy (non-hydrogen) atoms. The van der Waals surface area contributed by atoms with Crippen molar-refractivity contribution >= 4 is 15.9 Å². The summed E-state index contributed by atoms with van der Waals surface area (Å²) in [6, 6.07) is 7.72. The Morgan fingerprint density at radius 1 is 1.43 bits per heavy atom. The first-order valence-electron chi connectivity index (χ1n) is 4.05. The average molecular weight is 254 g/mol. The molecule has 2 rings (SSSR count). The Balaban J connectivity index is 2.47. The maximum atomic E-state index is 5.13. The largest absolute Gasteiger partial charge is 0.497 e. The smallest absolute Gasteiger partial charge is 0.157 e. The van der Waals surface area contributed by atoms with Crippen LogP contribution < -0.4 is 4.74 Å². The second-order valence-electron chi connectivity index (χ2n) is 2.75. The van der Waals surface area contributed by atoms with Crippen LogP contribution in [0.4, 0.5) is 0 Å². The van der Waals surface area contributed by atoms with Crippen molar-refractivity contribution in [2.75, 3.05) is 7.11 Å². The molecule has 0 aliphatic rings. The lowest BCUT2D eigenvalue weighted by molar-refractivity contribution is 0.414. The van der Waals surface area contributed by atoms with E-state index in [2.05, 4.69) is 21.1 Å². The molecule has 0 atom stereocenters. The maximum Gasteiger partial charge on any atom is 0.157 e. The molecule has 0 amide bonds. The number of ether oxygens (including phenoxy) is 1. The van der Waals surface area contributed by atoms with Gasteiger partial charge in [0.2, 0.25) is 0 Å². The molecule has 0 N–H and O–H groups in total. The monoisotopic (exact) mass is 253 g/mol. The number of nitrogens with zero attached hydrogens (tertiary/aromatic N) is 1. The van der Waals surface area contributed by atoms with Crippen molar-refractivity contribution in [3.05, 3.63) is 35.1 Å². The van der Waals surface area contributed by atoms with Gasteiger partial charge < -0.3 is 9.26 Å². The predicted octanol–water partition coefficient (Wildman–Crippen LogP) is 3.11. The molecular formula is C10H8BrNO2. The van der Waals surface area contributed by atoms with E-state index in [-0.39, 0.29) is 0 Å². The number of hydrogen-bond donors (Lipinski definition) is 0. The van der Waals surface area contributed by atoms with Gasteiger partial charge in [0.15, 0.2) is 4.60 Å². The lowest BCUT2D eigenvalue weighted by Gasteiger charge is -2.01. The van der Waals surface area contributed by atoms with Crippen LogP contribution in [0.3, 0.4) is 0 Å². The molecule has 1 heterocycles. The van der Waals surface area contributed by atoms with Crippen molar-refractivity contribution in [1.29, 1.82) is 0 Å². The van der Waals surface area contributed by atoms with Crippen LogP contribution in [0.15, 0.2) is 39.7 Å². The molecule has 3 nitrogen and oxygen atoms in total. The quantitative estimate of drug-likeness (QED) is 0.825. The minimum absolute atomic E-state index is 0.700. The van der Waals surface area contributed by atoms with E-state index in [1.165, 1.54) is 0 Å². The lowest BCUT2D eigenvalue weighted by atomic mass is 10.1. The topological polar surface area (TPSA) is 35.3 Å². The highest BCUT2D eigenvalue weighted by Crippen LogP contribution is 2.29. The molecule has 4 heteroatoms. The first kappa shape index (κ1) is 9.27. The van der Waals surface area contributed by atoms with E-state index in [4.69, 9.17) is 9.26 Å². The normalized spacial score (nSPS) is 10.1. The van der Waals surface area contributed by atoms with E-state index in [1.807, 2.05) is 24.3 Å². The van der Waals surface area contributed by atoms with Gasteiger partial charge in [-0.1, -0.05) is 17.3 Å². The van der Waals surface area contributed by atoms with Gasteiger partial charge in [0.05, 0.1) is 12.7 Å². The highest BCUT2D eigenvalue weighted by atomic mass is 79.9. The summed E-state index contributed by atoms with van der Waals surface area (Å²) in [4.78, 5) is 0. The zero-order valence-corrected chi connectivity index (χ0v) is 9.11. The van der Waals surface area contributed by atoms with Crippen LogP contribution in [0.25, 0.3) is 11.1 Å². The van der Waals surface area contributed by atoms with Gasteiger partial charge >= 0.3 is 0 Å². The Morgan fingerprint density at radius 2 is 2.29 bits per heavy atom. The summed E-state index contributed by atoms with van der Waals surface area (Å²) < 4.78 is 10.7. The number of aromatic nitrogens is 1. The summed E-state index contributed by atoms with van der Waals surface area (Å²) in [6.45, 7) is 0. The van der Waals surface area contributed by atoms with Crippen LogP contribution >= 0.6 is 15.9 Å². The molecule has 0 radical (unpaired) electrons. The Bertz CT molecular complexity index is 439. The molecule has 1 aromatic carbocycles. The van der Waals surface area contributed by atoms with Gasteiger partial charge in [0.1, 0.15) is 12.0 Å². The third-order valence-corrected chi connectivity index (χ3v) is 2.48. The van der Waals surface area contributed by atoms with Crippen LogP contribution in [0.2, 0.25) is 0 Å². The van der Waals surface area contributed by atoms with Gasteiger partial charge in [0, 0.05) is 0 Å². The highest BCUT2D eigenvalue weighted by Gasteiger charge is 2.07. The number of hydrogen-bond acceptors (Lipinski definition) is 3. The Kier molecular flexibility index (Phi) is 2.54. The zero-order valence-electron chi connectivity index (χ0n) is 7.53. The van der Waals surface area contributed by atoms with Gasteiger partial charge in [-0.15, -0.1) is 0 Å². The second kappa shape index (κ2) is 3.84. The molecule has 1 aromatic heterocycles. The van der Waals surface area contributed by atoms with E-state index in [0.29, 0.717) is 4.60 Å². The van der Waals surface area contributed by atoms with E-state index < -0.39 is 0 Å². The first-order chi connectivity index (χ1) is 6.81. The van der Waals surface area contributed by atoms with Crippen LogP contribution in [0, 0.1) is 0 Å². The highest BCUT2D eigenvalue weighted by molar-refractivity contribution is 9.10. The third-order valence-electron chi connectivity index (χ3n) is 1.91. The molecule has 2 aromatic rings. The molecule has 72 valence electrons. The third kappa shape index (κ3) is 1.65. The maximum absolute atomic E-state index is 5.13. The molecule has 0 saturated heterocycles. The van der Waals surface area contributed by atoms with Crippen LogP contribution in [-0.4, -0.2) is 12.3 Å². The number of halogens is 1. The molecule has 0 bridgehead atoms. The predicted molar refractivity (Wildman–Crippen MR) is 56.2 cm³/mol. The van der Waals surface area contributed by atoms with Gasteiger partial charge in [-0.05, 0) is 33.6 Å². The number of rotatable bonds is 2. The fourth-order valence-electron chi connectivity index (χ4n) is 1.20. The van der Waals surface area contributed by atoms with Crippen molar-refractivity contribution in [3.63, 3.8) is 0 Å². The van der Waals surface area contributed by atoms with Gasteiger partial charge in [-0.25, -0.2) is 0 Å². The van der Waals surface area contributed by atoms with Crippen molar-refractivity contribution in [1.82, 2.24) is 5.16 Å². The molecule has 0 aliphatic carbocycles. The van der Waals surface area contributed by atoms with Crippen molar-refractivity contribution in [3.8, 4) is 16.9 Å². The molecule has 0 fully saturated rings. The summed E-state index contributed by atoms with van der Waals surface area (Å²) in [6.07, 6.45) is 1.60. The van der Waals surface area contributed by atoms with E-state index in [1.54, 1.807) is 13.4 Å². The van der Waals surface area contributed by atoms with E-state index >= 15 is 0 Å². The minimum atomic E-state index is 0.700. The van der Waals surface area contributed by atoms with Crippen LogP contribution in [0.5, 0.6) is 5.75 Å². The molecule has 0 aliphatic heterocycles. The molecule has 0 spiro atoms. The van der Waals surface area contributed by atoms with Crippen molar-refractivity contribution in [2.45, 2.75) is 0 Å². The Hall–Kier alpha value is -1.29. The van der Waals surface area contributed by atoms with Gasteiger partial charge in [-0.3, -0.25) is 0 Å². The summed E-state index contributed by atoms with van der Waals surface area (Å²) >= 11 is 3.30. The minimum Gasteiger partial charge on any atom is -0.497 e. The van der Waals surface area contributed by atoms with E-state index in [0.717, 1.165) is 16.9 Å². The SMILES string of the molecule is COc1cccc(-c2conc2Br)c1. The zero-order chi connectivity index (χ0) is 9.97. The van der Waals surface area contributed by atoms with E-state index in [9.17, 15) is 0 Å². The second-order valence-corrected chi connectivity index (χ2v) is 3.50. The summed E-state index contributed by atoms with van der Waals surface area (Å²) in [7, 11) is 1.64. The van der Waals surface area contributed by atoms with Crippen LogP contribution in [-0.2, 0) is 0 Å². The summed E-state index contributed by atoms with van der Waals surface area (Å²) in [5.41, 5.74) is 1.93. The molecular weight excluding hydrogens is 246 g/mol. The first-order valence-corrected chi connectivity index (χ1v) is 4.85. The number of methoxy groups -OCH3 is 1. The summed E-state index contributed by atoms with van der Waals surface area (Å²) in [5.74, 6) is 0.815. The molecule has 0 saturated carbocycles. The van der Waals surface area contributed by atoms with Crippen LogP contribution in [0.1, 0.15) is 0 Å². The Morgan fingerprint density at radius 3 is 2.93 bits per heavy atom. The average Bonchev–Trinajstić information content (AvgIpc) is 2.65. The van der Waals surface area contributed by atoms with Crippen molar-refractivity contribution < 1.29 is 9.26 Å². The standard InChI is InChI=1S/C10H8BrNO2/c1-13-8-4-2-3-7(5-8)9-6-14-12-10(9)11/h2-6H,1H3. The van der Waals surface area contributed by atoms with Gasteiger partial charge in [0.25, 0.3) is 0 Å². The number of benzene rings is 1. The summed E-state index contributed by atoms with van der Waals surface area (Å²) in [5, 5.41) is 3.75. The van der Waals surface area contributed by atoms with Crippen molar-refractivity contribution in [2.24, 2.45) is 0 Å². The Labute approximate surface area is 89.8 Å². The fraction of sp³-hybridized carbons (Fsp3) is 0.100. The fourth-order valence-corrected chi connectivity index (χ4v) is 1.61.